The number of carbonyl (C=O) groups is 1. The van der Waals surface area contributed by atoms with Crippen LogP contribution in [0.1, 0.15) is 15.9 Å². The molecule has 0 aliphatic carbocycles. The molecule has 0 amide bonds. The SMILES string of the molecule is COC(=O)c1cc(C)cc(O)c1.O=C=O. The molecule has 1 rings (SSSR count). The van der Waals surface area contributed by atoms with Gasteiger partial charge < -0.3 is 9.84 Å². The van der Waals surface area contributed by atoms with Crippen LogP contribution < -0.4 is 0 Å². The second-order valence-corrected chi connectivity index (χ2v) is 2.63. The number of rotatable bonds is 1. The third-order valence-corrected chi connectivity index (χ3v) is 1.48. The molecule has 80 valence electrons. The molecule has 0 saturated heterocycles. The molecule has 5 heteroatoms. The Labute approximate surface area is 86.3 Å². The minimum Gasteiger partial charge on any atom is -0.508 e. The van der Waals surface area contributed by atoms with Crippen molar-refractivity contribution >= 4 is 12.1 Å². The van der Waals surface area contributed by atoms with E-state index in [1.165, 1.54) is 13.2 Å². The quantitative estimate of drug-likeness (QED) is 0.696. The molecule has 1 aromatic carbocycles. The second kappa shape index (κ2) is 6.34. The Morgan fingerprint density at radius 2 is 1.87 bits per heavy atom. The fourth-order valence-corrected chi connectivity index (χ4v) is 0.999. The summed E-state index contributed by atoms with van der Waals surface area (Å²) in [5.74, 6) is -0.357. The molecule has 0 aliphatic heterocycles. The van der Waals surface area contributed by atoms with Gasteiger partial charge in [-0.15, -0.1) is 0 Å². The van der Waals surface area contributed by atoms with Crippen LogP contribution in [-0.2, 0) is 14.3 Å². The fourth-order valence-electron chi connectivity index (χ4n) is 0.999. The summed E-state index contributed by atoms with van der Waals surface area (Å²) in [6, 6.07) is 4.61. The average molecular weight is 210 g/mol. The number of phenolic OH excluding ortho intramolecular Hbond substituents is 1. The van der Waals surface area contributed by atoms with Gasteiger partial charge in [0.15, 0.2) is 0 Å². The van der Waals surface area contributed by atoms with E-state index in [0.717, 1.165) is 5.56 Å². The monoisotopic (exact) mass is 210 g/mol. The summed E-state index contributed by atoms with van der Waals surface area (Å²) >= 11 is 0. The van der Waals surface area contributed by atoms with E-state index < -0.39 is 5.97 Å². The maximum Gasteiger partial charge on any atom is 0.373 e. The molecule has 0 aliphatic rings. The van der Waals surface area contributed by atoms with Crippen LogP contribution in [-0.4, -0.2) is 24.3 Å². The van der Waals surface area contributed by atoms with Gasteiger partial charge in [0, 0.05) is 0 Å². The number of methoxy groups -OCH3 is 1. The Kier molecular flexibility index (Phi) is 5.44. The normalized spacial score (nSPS) is 8.13. The number of phenols is 1. The highest BCUT2D eigenvalue weighted by Gasteiger charge is 2.06. The molecule has 0 aromatic heterocycles. The van der Waals surface area contributed by atoms with Gasteiger partial charge >= 0.3 is 12.1 Å². The van der Waals surface area contributed by atoms with E-state index in [9.17, 15) is 4.79 Å². The molecule has 0 spiro atoms. The molecular formula is C10H10O5. The first-order valence-corrected chi connectivity index (χ1v) is 3.93. The number of benzene rings is 1. The summed E-state index contributed by atoms with van der Waals surface area (Å²) < 4.78 is 4.50. The molecule has 0 atom stereocenters. The lowest BCUT2D eigenvalue weighted by Gasteiger charge is -2.01. The number of aryl methyl sites for hydroxylation is 1. The van der Waals surface area contributed by atoms with Gasteiger partial charge in [-0.2, -0.15) is 9.59 Å². The zero-order valence-electron chi connectivity index (χ0n) is 8.31. The van der Waals surface area contributed by atoms with Gasteiger partial charge in [0.1, 0.15) is 5.75 Å². The highest BCUT2D eigenvalue weighted by atomic mass is 16.5. The van der Waals surface area contributed by atoms with E-state index in [2.05, 4.69) is 4.74 Å². The summed E-state index contributed by atoms with van der Waals surface area (Å²) in [6.45, 7) is 1.80. The molecule has 0 fully saturated rings. The standard InChI is InChI=1S/C9H10O3.CO2/c1-6-3-7(9(11)12-2)5-8(10)4-6;2-1-3/h3-5,10H,1-2H3;. The molecule has 1 N–H and O–H groups in total. The van der Waals surface area contributed by atoms with Gasteiger partial charge in [0.25, 0.3) is 0 Å². The molecule has 0 saturated carbocycles. The van der Waals surface area contributed by atoms with E-state index in [1.807, 2.05) is 0 Å². The molecule has 0 radical (unpaired) electrons. The van der Waals surface area contributed by atoms with Crippen molar-refractivity contribution in [3.8, 4) is 5.75 Å². The van der Waals surface area contributed by atoms with Crippen molar-refractivity contribution in [3.05, 3.63) is 29.3 Å². The van der Waals surface area contributed by atoms with Crippen LogP contribution in [0.4, 0.5) is 0 Å². The maximum atomic E-state index is 11.0. The van der Waals surface area contributed by atoms with Crippen LogP contribution in [0.15, 0.2) is 18.2 Å². The molecule has 0 heterocycles. The summed E-state index contributed by atoms with van der Waals surface area (Å²) in [4.78, 5) is 27.2. The first-order valence-electron chi connectivity index (χ1n) is 3.93. The number of carbonyl (C=O) groups excluding carboxylic acids is 3. The van der Waals surface area contributed by atoms with Gasteiger partial charge in [0.05, 0.1) is 12.7 Å². The molecular weight excluding hydrogens is 200 g/mol. The lowest BCUT2D eigenvalue weighted by molar-refractivity contribution is -0.191. The Hall–Kier alpha value is -2.13. The van der Waals surface area contributed by atoms with E-state index >= 15 is 0 Å². The number of ether oxygens (including phenoxy) is 1. The summed E-state index contributed by atoms with van der Waals surface area (Å²) in [7, 11) is 1.31. The molecule has 5 nitrogen and oxygen atoms in total. The Morgan fingerprint density at radius 1 is 1.33 bits per heavy atom. The third-order valence-electron chi connectivity index (χ3n) is 1.48. The Bertz CT molecular complexity index is 357. The van der Waals surface area contributed by atoms with E-state index in [0.29, 0.717) is 5.56 Å². The largest absolute Gasteiger partial charge is 0.508 e. The van der Waals surface area contributed by atoms with Crippen molar-refractivity contribution in [2.75, 3.05) is 7.11 Å². The average Bonchev–Trinajstić information content (AvgIpc) is 2.16. The Balaban J connectivity index is 0.000000583. The van der Waals surface area contributed by atoms with E-state index in [-0.39, 0.29) is 11.9 Å². The smallest absolute Gasteiger partial charge is 0.373 e. The van der Waals surface area contributed by atoms with E-state index in [1.54, 1.807) is 19.1 Å². The zero-order valence-corrected chi connectivity index (χ0v) is 8.31. The summed E-state index contributed by atoms with van der Waals surface area (Å²) in [6.07, 6.45) is 0.250. The zero-order chi connectivity index (χ0) is 11.8. The van der Waals surface area contributed by atoms with Crippen LogP contribution in [0.25, 0.3) is 0 Å². The Morgan fingerprint density at radius 3 is 2.27 bits per heavy atom. The minimum atomic E-state index is -0.436. The first kappa shape index (κ1) is 12.9. The first-order chi connectivity index (χ1) is 7.04. The summed E-state index contributed by atoms with van der Waals surface area (Å²) in [5.41, 5.74) is 1.20. The summed E-state index contributed by atoms with van der Waals surface area (Å²) in [5, 5.41) is 9.13. The lowest BCUT2D eigenvalue weighted by atomic mass is 10.1. The molecule has 0 bridgehead atoms. The van der Waals surface area contributed by atoms with Crippen LogP contribution in [0.3, 0.4) is 0 Å². The number of esters is 1. The van der Waals surface area contributed by atoms with Gasteiger partial charge in [-0.05, 0) is 30.7 Å². The molecule has 0 unspecified atom stereocenters. The van der Waals surface area contributed by atoms with Crippen LogP contribution >= 0.6 is 0 Å². The van der Waals surface area contributed by atoms with Crippen molar-refractivity contribution in [3.63, 3.8) is 0 Å². The van der Waals surface area contributed by atoms with Gasteiger partial charge in [-0.3, -0.25) is 0 Å². The molecule has 15 heavy (non-hydrogen) atoms. The van der Waals surface area contributed by atoms with Crippen molar-refractivity contribution < 1.29 is 24.2 Å². The van der Waals surface area contributed by atoms with Crippen molar-refractivity contribution in [2.24, 2.45) is 0 Å². The van der Waals surface area contributed by atoms with Gasteiger partial charge in [0.2, 0.25) is 0 Å². The number of hydrogen-bond acceptors (Lipinski definition) is 5. The highest BCUT2D eigenvalue weighted by Crippen LogP contribution is 2.15. The number of hydrogen-bond donors (Lipinski definition) is 1. The predicted octanol–water partition coefficient (Wildman–Crippen LogP) is 0.904. The minimum absolute atomic E-state index is 0.0791. The van der Waals surface area contributed by atoms with Gasteiger partial charge in [-0.25, -0.2) is 4.79 Å². The second-order valence-electron chi connectivity index (χ2n) is 2.63. The van der Waals surface area contributed by atoms with Crippen molar-refractivity contribution in [1.82, 2.24) is 0 Å². The topological polar surface area (TPSA) is 80.7 Å². The van der Waals surface area contributed by atoms with E-state index in [4.69, 9.17) is 14.7 Å². The van der Waals surface area contributed by atoms with Crippen LogP contribution in [0.2, 0.25) is 0 Å². The predicted molar refractivity (Wildman–Crippen MR) is 49.2 cm³/mol. The lowest BCUT2D eigenvalue weighted by Crippen LogP contribution is -2.00. The van der Waals surface area contributed by atoms with Crippen LogP contribution in [0, 0.1) is 6.92 Å². The van der Waals surface area contributed by atoms with Crippen LogP contribution in [0.5, 0.6) is 5.75 Å². The molecule has 1 aromatic rings. The van der Waals surface area contributed by atoms with Gasteiger partial charge in [-0.1, -0.05) is 0 Å². The number of aromatic hydroxyl groups is 1. The highest BCUT2D eigenvalue weighted by molar-refractivity contribution is 5.89. The third kappa shape index (κ3) is 4.59. The fraction of sp³-hybridized carbons (Fsp3) is 0.200. The van der Waals surface area contributed by atoms with Crippen molar-refractivity contribution in [2.45, 2.75) is 6.92 Å². The van der Waals surface area contributed by atoms with Crippen molar-refractivity contribution in [1.29, 1.82) is 0 Å². The maximum absolute atomic E-state index is 11.0.